The maximum atomic E-state index is 7.64. The number of aromatic amines is 1. The van der Waals surface area contributed by atoms with Gasteiger partial charge in [-0.05, 0) is 34.6 Å². The van der Waals surface area contributed by atoms with E-state index >= 15 is 0 Å². The Hall–Kier alpha value is -1.01. The molecule has 0 atom stereocenters. The van der Waals surface area contributed by atoms with Crippen LogP contribution >= 0.6 is 12.4 Å². The Balaban J connectivity index is 0.00000289. The van der Waals surface area contributed by atoms with E-state index in [0.717, 1.165) is 0 Å². The molecular weight excluding hydrogens is 256 g/mol. The Morgan fingerprint density at radius 1 is 1.44 bits per heavy atom. The summed E-state index contributed by atoms with van der Waals surface area (Å²) < 4.78 is 12.1. The molecule has 0 aliphatic heterocycles. The van der Waals surface area contributed by atoms with Crippen molar-refractivity contribution < 1.29 is 9.26 Å². The number of rotatable bonds is 4. The molecule has 0 aliphatic carbocycles. The molecule has 0 spiro atoms. The maximum Gasteiger partial charge on any atom is 0.284 e. The van der Waals surface area contributed by atoms with Gasteiger partial charge in [0.2, 0.25) is 5.49 Å². The van der Waals surface area contributed by atoms with Gasteiger partial charge in [0.15, 0.2) is 0 Å². The van der Waals surface area contributed by atoms with E-state index in [9.17, 15) is 0 Å². The van der Waals surface area contributed by atoms with Crippen LogP contribution < -0.4 is 11.0 Å². The normalized spacial score (nSPS) is 12.9. The average molecular weight is 279 g/mol. The van der Waals surface area contributed by atoms with E-state index in [-0.39, 0.29) is 29.6 Å². The molecule has 1 aromatic rings. The Kier molecular flexibility index (Phi) is 6.42. The maximum absolute atomic E-state index is 7.64. The van der Waals surface area contributed by atoms with E-state index in [1.54, 1.807) is 4.68 Å². The number of aromatic nitrogens is 2. The van der Waals surface area contributed by atoms with Gasteiger partial charge in [0.25, 0.3) is 5.55 Å². The minimum atomic E-state index is -0.194. The largest absolute Gasteiger partial charge is 0.377 e. The molecule has 18 heavy (non-hydrogen) atoms. The molecule has 106 valence electrons. The second-order valence-electron chi connectivity index (χ2n) is 5.15. The molecule has 1 rings (SSSR count). The van der Waals surface area contributed by atoms with Gasteiger partial charge in [-0.1, -0.05) is 0 Å². The van der Waals surface area contributed by atoms with Crippen LogP contribution in [0.5, 0.6) is 0 Å². The summed E-state index contributed by atoms with van der Waals surface area (Å²) in [6.45, 7) is 11.1. The molecule has 6 nitrogen and oxygen atoms in total. The first-order valence-electron chi connectivity index (χ1n) is 5.80. The molecule has 0 saturated heterocycles. The van der Waals surface area contributed by atoms with E-state index in [1.807, 2.05) is 34.6 Å². The van der Waals surface area contributed by atoms with Gasteiger partial charge in [-0.15, -0.1) is 12.4 Å². The quantitative estimate of drug-likeness (QED) is 0.816. The third kappa shape index (κ3) is 4.70. The summed E-state index contributed by atoms with van der Waals surface area (Å²) in [6.07, 6.45) is 0.200. The second-order valence-corrected chi connectivity index (χ2v) is 5.15. The number of ether oxygens (including phenoxy) is 1. The smallest absolute Gasteiger partial charge is 0.284 e. The third-order valence-corrected chi connectivity index (χ3v) is 2.13. The monoisotopic (exact) mass is 278 g/mol. The fraction of sp³-hybridized carbons (Fsp3) is 0.818. The van der Waals surface area contributed by atoms with Gasteiger partial charge in [-0.3, -0.25) is 10.4 Å². The molecule has 0 radical (unpaired) electrons. The van der Waals surface area contributed by atoms with Gasteiger partial charge in [-0.25, -0.2) is 4.68 Å². The van der Waals surface area contributed by atoms with Crippen molar-refractivity contribution in [2.75, 3.05) is 13.2 Å². The number of H-pyrrole nitrogens is 1. The van der Waals surface area contributed by atoms with Crippen molar-refractivity contribution in [1.29, 1.82) is 5.41 Å². The number of hydrogen-bond acceptors (Lipinski definition) is 4. The highest BCUT2D eigenvalue weighted by atomic mass is 35.5. The summed E-state index contributed by atoms with van der Waals surface area (Å²) in [5, 5.41) is 10.3. The van der Waals surface area contributed by atoms with Gasteiger partial charge in [0.05, 0.1) is 24.8 Å². The fourth-order valence-electron chi connectivity index (χ4n) is 1.32. The summed E-state index contributed by atoms with van der Waals surface area (Å²) in [7, 11) is 0. The van der Waals surface area contributed by atoms with Crippen LogP contribution in [-0.2, 0) is 10.3 Å². The van der Waals surface area contributed by atoms with E-state index in [4.69, 9.17) is 14.7 Å². The zero-order valence-corrected chi connectivity index (χ0v) is 12.4. The minimum Gasteiger partial charge on any atom is -0.377 e. The molecule has 2 N–H and O–H groups in total. The van der Waals surface area contributed by atoms with Gasteiger partial charge < -0.3 is 9.26 Å². The fourth-order valence-corrected chi connectivity index (χ4v) is 1.32. The van der Waals surface area contributed by atoms with Crippen molar-refractivity contribution in [3.8, 4) is 0 Å². The topological polar surface area (TPSA) is 79.3 Å². The zero-order chi connectivity index (χ0) is 13.1. The molecule has 0 aromatic carbocycles. The molecule has 7 heteroatoms. The Labute approximate surface area is 113 Å². The van der Waals surface area contributed by atoms with Crippen LogP contribution in [0.25, 0.3) is 0 Å². The van der Waals surface area contributed by atoms with E-state index < -0.39 is 0 Å². The molecule has 0 fully saturated rings. The highest BCUT2D eigenvalue weighted by Crippen LogP contribution is 2.06. The third-order valence-electron chi connectivity index (χ3n) is 2.13. The molecule has 1 heterocycles. The van der Waals surface area contributed by atoms with Crippen LogP contribution in [0.15, 0.2) is 9.52 Å². The summed E-state index contributed by atoms with van der Waals surface area (Å²) in [5.41, 5.74) is 0.370. The highest BCUT2D eigenvalue weighted by molar-refractivity contribution is 5.85. The molecule has 0 amide bonds. The summed E-state index contributed by atoms with van der Waals surface area (Å²) in [4.78, 5) is 4.33. The second kappa shape index (κ2) is 6.80. The van der Waals surface area contributed by atoms with E-state index in [2.05, 4.69) is 10.3 Å². The predicted octanol–water partition coefficient (Wildman–Crippen LogP) is 1.39. The number of nitrogens with one attached hydrogen (secondary N) is 2. The van der Waals surface area contributed by atoms with E-state index in [1.165, 1.54) is 0 Å². The SMILES string of the molecule is CC(C)OCCN=c1c(=N)o[nH]n1C(C)(C)C.Cl. The number of halogens is 1. The summed E-state index contributed by atoms with van der Waals surface area (Å²) >= 11 is 0. The van der Waals surface area contributed by atoms with Gasteiger partial charge in [0, 0.05) is 0 Å². The molecule has 0 saturated carbocycles. The van der Waals surface area contributed by atoms with Crippen molar-refractivity contribution in [3.05, 3.63) is 11.0 Å². The summed E-state index contributed by atoms with van der Waals surface area (Å²) in [5.74, 6) is 0. The lowest BCUT2D eigenvalue weighted by Gasteiger charge is -2.18. The molecule has 0 aliphatic rings. The molecular formula is C11H23ClN4O2. The average Bonchev–Trinajstić information content (AvgIpc) is 2.54. The first-order valence-corrected chi connectivity index (χ1v) is 5.80. The van der Waals surface area contributed by atoms with Crippen LogP contribution in [0.4, 0.5) is 0 Å². The Morgan fingerprint density at radius 3 is 2.56 bits per heavy atom. The van der Waals surface area contributed by atoms with Gasteiger partial charge in [0.1, 0.15) is 0 Å². The minimum absolute atomic E-state index is 0. The lowest BCUT2D eigenvalue weighted by atomic mass is 10.1. The number of hydrogen-bond donors (Lipinski definition) is 2. The first-order chi connectivity index (χ1) is 7.82. The Morgan fingerprint density at radius 2 is 2.06 bits per heavy atom. The van der Waals surface area contributed by atoms with Gasteiger partial charge >= 0.3 is 0 Å². The van der Waals surface area contributed by atoms with Crippen molar-refractivity contribution in [2.45, 2.75) is 46.3 Å². The predicted molar refractivity (Wildman–Crippen MR) is 70.7 cm³/mol. The van der Waals surface area contributed by atoms with Crippen molar-refractivity contribution in [3.63, 3.8) is 0 Å². The van der Waals surface area contributed by atoms with E-state index in [0.29, 0.717) is 18.6 Å². The lowest BCUT2D eigenvalue weighted by Crippen LogP contribution is -2.38. The van der Waals surface area contributed by atoms with Crippen LogP contribution in [-0.4, -0.2) is 29.2 Å². The molecule has 0 unspecified atom stereocenters. The Bertz CT molecular complexity index is 464. The van der Waals surface area contributed by atoms with Gasteiger partial charge in [-0.2, -0.15) is 5.27 Å². The lowest BCUT2D eigenvalue weighted by molar-refractivity contribution is 0.0847. The number of nitrogens with zero attached hydrogens (tertiary/aromatic N) is 2. The standard InChI is InChI=1S/C11H22N4O2.ClH/c1-8(2)16-7-6-13-10-9(12)17-14-15(10)11(3,4)5;/h8,12,14H,6-7H2,1-5H3;1H. The van der Waals surface area contributed by atoms with Crippen molar-refractivity contribution >= 4 is 12.4 Å². The van der Waals surface area contributed by atoms with Crippen LogP contribution in [0.3, 0.4) is 0 Å². The zero-order valence-electron chi connectivity index (χ0n) is 11.6. The molecule has 1 aromatic heterocycles. The summed E-state index contributed by atoms with van der Waals surface area (Å²) in [6, 6.07) is 0. The van der Waals surface area contributed by atoms with Crippen LogP contribution in [0, 0.1) is 5.41 Å². The van der Waals surface area contributed by atoms with Crippen LogP contribution in [0.1, 0.15) is 34.6 Å². The van der Waals surface area contributed by atoms with Crippen LogP contribution in [0.2, 0.25) is 0 Å². The molecule has 0 bridgehead atoms. The first kappa shape index (κ1) is 17.0. The van der Waals surface area contributed by atoms with Crippen molar-refractivity contribution in [2.24, 2.45) is 4.99 Å². The highest BCUT2D eigenvalue weighted by Gasteiger charge is 2.16. The van der Waals surface area contributed by atoms with Crippen molar-refractivity contribution in [1.82, 2.24) is 9.95 Å².